The molecule has 1 aromatic rings. The van der Waals surface area contributed by atoms with Crippen LogP contribution in [0.4, 0.5) is 4.39 Å². The van der Waals surface area contributed by atoms with E-state index in [1.165, 1.54) is 17.3 Å². The Morgan fingerprint density at radius 1 is 1.43 bits per heavy atom. The molecule has 0 fully saturated rings. The Hall–Kier alpha value is -1.88. The molecule has 3 N–H and O–H groups in total. The first-order valence-electron chi connectivity index (χ1n) is 4.06. The first-order chi connectivity index (χ1) is 6.75. The largest absolute Gasteiger partial charge is 0.227 e. The lowest BCUT2D eigenvalue weighted by Gasteiger charge is -2.17. The van der Waals surface area contributed by atoms with Gasteiger partial charge >= 0.3 is 0 Å². The maximum Gasteiger partial charge on any atom is 0.123 e. The molecule has 1 aromatic carbocycles. The maximum atomic E-state index is 12.9. The molecular formula is C9H9FN4. The highest BCUT2D eigenvalue weighted by Gasteiger charge is 2.05. The number of hydrogen-bond donors (Lipinski definition) is 2. The Balaban J connectivity index is 2.35. The summed E-state index contributed by atoms with van der Waals surface area (Å²) < 4.78 is 12.9. The van der Waals surface area contributed by atoms with Gasteiger partial charge in [0.2, 0.25) is 0 Å². The molecule has 1 heterocycles. The van der Waals surface area contributed by atoms with E-state index in [0.717, 1.165) is 11.1 Å². The van der Waals surface area contributed by atoms with Crippen molar-refractivity contribution in [1.29, 1.82) is 0 Å². The Labute approximate surface area is 80.5 Å². The Kier molecular flexibility index (Phi) is 2.16. The van der Waals surface area contributed by atoms with E-state index in [0.29, 0.717) is 0 Å². The SMILES string of the molecule is NN1C=C(c2cccc(F)c2)C=NN1. The van der Waals surface area contributed by atoms with Crippen molar-refractivity contribution in [2.75, 3.05) is 0 Å². The summed E-state index contributed by atoms with van der Waals surface area (Å²) >= 11 is 0. The third kappa shape index (κ3) is 1.72. The number of hydrazone groups is 1. The summed E-state index contributed by atoms with van der Waals surface area (Å²) in [6.45, 7) is 0. The lowest BCUT2D eigenvalue weighted by molar-refractivity contribution is 0.286. The molecule has 1 aliphatic rings. The van der Waals surface area contributed by atoms with Crippen molar-refractivity contribution in [3.05, 3.63) is 41.8 Å². The van der Waals surface area contributed by atoms with Gasteiger partial charge in [-0.15, -0.1) is 0 Å². The van der Waals surface area contributed by atoms with Crippen molar-refractivity contribution < 1.29 is 4.39 Å². The molecule has 72 valence electrons. The molecule has 0 aromatic heterocycles. The van der Waals surface area contributed by atoms with E-state index in [4.69, 9.17) is 5.84 Å². The normalized spacial score (nSPS) is 15.0. The lowest BCUT2D eigenvalue weighted by atomic mass is 10.1. The highest BCUT2D eigenvalue weighted by atomic mass is 19.1. The van der Waals surface area contributed by atoms with Crippen LogP contribution in [0.1, 0.15) is 5.56 Å². The summed E-state index contributed by atoms with van der Waals surface area (Å²) in [6.07, 6.45) is 3.21. The number of nitrogens with two attached hydrogens (primary N) is 1. The molecule has 0 unspecified atom stereocenters. The van der Waals surface area contributed by atoms with Crippen molar-refractivity contribution in [2.24, 2.45) is 10.9 Å². The molecular weight excluding hydrogens is 183 g/mol. The van der Waals surface area contributed by atoms with Crippen LogP contribution in [0, 0.1) is 5.82 Å². The van der Waals surface area contributed by atoms with E-state index in [9.17, 15) is 4.39 Å². The number of allylic oxidation sites excluding steroid dienone is 1. The van der Waals surface area contributed by atoms with Gasteiger partial charge in [0.05, 0.1) is 12.4 Å². The van der Waals surface area contributed by atoms with Crippen LogP contribution in [0.3, 0.4) is 0 Å². The Bertz CT molecular complexity index is 400. The van der Waals surface area contributed by atoms with Crippen molar-refractivity contribution in [1.82, 2.24) is 10.7 Å². The first kappa shape index (κ1) is 8.71. The second kappa shape index (κ2) is 3.47. The monoisotopic (exact) mass is 192 g/mol. The van der Waals surface area contributed by atoms with Crippen LogP contribution < -0.4 is 11.4 Å². The summed E-state index contributed by atoms with van der Waals surface area (Å²) in [4.78, 5) is 0. The van der Waals surface area contributed by atoms with Gasteiger partial charge in [0, 0.05) is 5.57 Å². The standard InChI is InChI=1S/C9H9FN4/c10-9-3-1-2-7(4-9)8-5-12-13-14(11)6-8/h1-6,13H,11H2. The minimum atomic E-state index is -0.279. The molecule has 5 heteroatoms. The smallest absolute Gasteiger partial charge is 0.123 e. The minimum absolute atomic E-state index is 0.279. The molecule has 0 saturated carbocycles. The van der Waals surface area contributed by atoms with Crippen LogP contribution in [0.2, 0.25) is 0 Å². The van der Waals surface area contributed by atoms with E-state index in [1.54, 1.807) is 24.5 Å². The average molecular weight is 192 g/mol. The van der Waals surface area contributed by atoms with Gasteiger partial charge in [0.1, 0.15) is 5.82 Å². The van der Waals surface area contributed by atoms with Gasteiger partial charge in [-0.2, -0.15) is 5.10 Å². The number of benzene rings is 1. The fraction of sp³-hybridized carbons (Fsp3) is 0. The van der Waals surface area contributed by atoms with Crippen LogP contribution in [0.5, 0.6) is 0 Å². The van der Waals surface area contributed by atoms with Gasteiger partial charge in [-0.25, -0.2) is 20.9 Å². The number of halogens is 1. The van der Waals surface area contributed by atoms with Crippen molar-refractivity contribution >= 4 is 11.8 Å². The van der Waals surface area contributed by atoms with Crippen LogP contribution >= 0.6 is 0 Å². The predicted octanol–water partition coefficient (Wildman–Crippen LogP) is 0.846. The molecule has 0 aliphatic carbocycles. The third-order valence-electron chi connectivity index (χ3n) is 1.81. The summed E-state index contributed by atoms with van der Waals surface area (Å²) in [5, 5.41) is 4.99. The van der Waals surface area contributed by atoms with Gasteiger partial charge in [-0.05, 0) is 17.7 Å². The third-order valence-corrected chi connectivity index (χ3v) is 1.81. The molecule has 0 spiro atoms. The zero-order valence-electron chi connectivity index (χ0n) is 7.31. The molecule has 14 heavy (non-hydrogen) atoms. The Morgan fingerprint density at radius 3 is 3.00 bits per heavy atom. The minimum Gasteiger partial charge on any atom is -0.227 e. The highest BCUT2D eigenvalue weighted by molar-refractivity contribution is 6.09. The second-order valence-electron chi connectivity index (χ2n) is 2.86. The molecule has 0 amide bonds. The lowest BCUT2D eigenvalue weighted by Crippen LogP contribution is -2.37. The first-order valence-corrected chi connectivity index (χ1v) is 4.06. The van der Waals surface area contributed by atoms with Gasteiger partial charge in [0.15, 0.2) is 0 Å². The number of rotatable bonds is 1. The number of hydrogen-bond acceptors (Lipinski definition) is 4. The quantitative estimate of drug-likeness (QED) is 0.648. The van der Waals surface area contributed by atoms with E-state index in [1.807, 2.05) is 0 Å². The summed E-state index contributed by atoms with van der Waals surface area (Å²) in [5.74, 6) is 5.16. The summed E-state index contributed by atoms with van der Waals surface area (Å²) in [5.41, 5.74) is 4.00. The Morgan fingerprint density at radius 2 is 2.29 bits per heavy atom. The number of hydrazine groups is 2. The molecule has 0 atom stereocenters. The molecule has 0 saturated heterocycles. The fourth-order valence-electron chi connectivity index (χ4n) is 1.19. The van der Waals surface area contributed by atoms with Crippen molar-refractivity contribution in [3.63, 3.8) is 0 Å². The van der Waals surface area contributed by atoms with Gasteiger partial charge in [-0.3, -0.25) is 0 Å². The maximum absolute atomic E-state index is 12.9. The topological polar surface area (TPSA) is 53.6 Å². The van der Waals surface area contributed by atoms with E-state index in [-0.39, 0.29) is 5.82 Å². The fourth-order valence-corrected chi connectivity index (χ4v) is 1.19. The molecule has 4 nitrogen and oxygen atoms in total. The van der Waals surface area contributed by atoms with Gasteiger partial charge < -0.3 is 0 Å². The number of nitrogens with zero attached hydrogens (tertiary/aromatic N) is 2. The van der Waals surface area contributed by atoms with Gasteiger partial charge in [-0.1, -0.05) is 12.1 Å². The summed E-state index contributed by atoms with van der Waals surface area (Å²) in [6, 6.07) is 6.25. The molecule has 0 radical (unpaired) electrons. The molecule has 1 aliphatic heterocycles. The highest BCUT2D eigenvalue weighted by Crippen LogP contribution is 2.14. The predicted molar refractivity (Wildman–Crippen MR) is 52.0 cm³/mol. The molecule has 2 rings (SSSR count). The summed E-state index contributed by atoms with van der Waals surface area (Å²) in [7, 11) is 0. The van der Waals surface area contributed by atoms with Crippen molar-refractivity contribution in [3.8, 4) is 0 Å². The van der Waals surface area contributed by atoms with Crippen LogP contribution in [0.25, 0.3) is 5.57 Å². The van der Waals surface area contributed by atoms with Crippen LogP contribution in [-0.2, 0) is 0 Å². The second-order valence-corrected chi connectivity index (χ2v) is 2.86. The van der Waals surface area contributed by atoms with E-state index < -0.39 is 0 Å². The van der Waals surface area contributed by atoms with Crippen molar-refractivity contribution in [2.45, 2.75) is 0 Å². The zero-order valence-corrected chi connectivity index (χ0v) is 7.31. The zero-order chi connectivity index (χ0) is 9.97. The average Bonchev–Trinajstić information content (AvgIpc) is 2.18. The number of nitrogens with one attached hydrogen (secondary N) is 1. The van der Waals surface area contributed by atoms with Crippen LogP contribution in [0.15, 0.2) is 35.6 Å². The molecule has 0 bridgehead atoms. The van der Waals surface area contributed by atoms with Gasteiger partial charge in [0.25, 0.3) is 0 Å². The van der Waals surface area contributed by atoms with E-state index in [2.05, 4.69) is 10.6 Å². The van der Waals surface area contributed by atoms with E-state index >= 15 is 0 Å². The van der Waals surface area contributed by atoms with Crippen LogP contribution in [-0.4, -0.2) is 11.3 Å².